The fraction of sp³-hybridized carbons (Fsp3) is 1.00. The van der Waals surface area contributed by atoms with E-state index in [0.717, 1.165) is 68.6 Å². The first kappa shape index (κ1) is 30.8. The van der Waals surface area contributed by atoms with Gasteiger partial charge in [-0.05, 0) is 149 Å². The van der Waals surface area contributed by atoms with E-state index in [0.29, 0.717) is 28.7 Å². The van der Waals surface area contributed by atoms with E-state index < -0.39 is 0 Å². The average Bonchev–Trinajstić information content (AvgIpc) is 3.23. The third-order valence-electron chi connectivity index (χ3n) is 12.7. The molecule has 10 atom stereocenters. The molecule has 0 aromatic carbocycles. The number of unbranched alkanes of at least 4 members (excludes halogenated alkanes) is 1. The summed E-state index contributed by atoms with van der Waals surface area (Å²) >= 11 is 0. The second kappa shape index (κ2) is 13.7. The predicted octanol–water partition coefficient (Wildman–Crippen LogP) is 6.76. The molecule has 4 aliphatic rings. The second-order valence-electron chi connectivity index (χ2n) is 15.4. The van der Waals surface area contributed by atoms with Gasteiger partial charge in [0.2, 0.25) is 0 Å². The predicted molar refractivity (Wildman–Crippen MR) is 162 cm³/mol. The van der Waals surface area contributed by atoms with E-state index in [9.17, 15) is 5.11 Å². The summed E-state index contributed by atoms with van der Waals surface area (Å²) in [7, 11) is 0. The van der Waals surface area contributed by atoms with Gasteiger partial charge in [0.05, 0.1) is 6.10 Å². The van der Waals surface area contributed by atoms with Crippen LogP contribution in [0.15, 0.2) is 0 Å². The van der Waals surface area contributed by atoms with Crippen molar-refractivity contribution in [3.8, 4) is 0 Å². The zero-order chi connectivity index (χ0) is 27.3. The van der Waals surface area contributed by atoms with Crippen LogP contribution in [-0.4, -0.2) is 43.4 Å². The van der Waals surface area contributed by atoms with Gasteiger partial charge in [0.15, 0.2) is 0 Å². The topological polar surface area (TPSA) is 70.3 Å². The minimum atomic E-state index is -0.0748. The fourth-order valence-electron chi connectivity index (χ4n) is 10.5. The standard InChI is InChI=1S/C34H65N3O/c1-24(2)10-8-11-25(3)28-12-13-29-32-30(15-17-34(28,29)5)33(4)16-14-27(22-26(33)23-31(32)38)37-21-9-20-36-19-7-6-18-35/h24-32,36-38H,6-23,35H2,1-5H3/t25?,26-,27-,28-,29?,30?,31-,32?,33+,34-/m1/s1. The first-order chi connectivity index (χ1) is 18.2. The second-order valence-corrected chi connectivity index (χ2v) is 15.4. The van der Waals surface area contributed by atoms with Crippen molar-refractivity contribution in [1.82, 2.24) is 10.6 Å². The van der Waals surface area contributed by atoms with Crippen LogP contribution in [0.5, 0.6) is 0 Å². The van der Waals surface area contributed by atoms with Gasteiger partial charge in [-0.25, -0.2) is 0 Å². The molecule has 0 spiro atoms. The lowest BCUT2D eigenvalue weighted by Gasteiger charge is -2.62. The van der Waals surface area contributed by atoms with E-state index in [4.69, 9.17) is 5.73 Å². The van der Waals surface area contributed by atoms with E-state index in [1.807, 2.05) is 0 Å². The molecule has 4 aliphatic carbocycles. The number of fused-ring (bicyclic) bond motifs is 5. The number of aliphatic hydroxyl groups excluding tert-OH is 1. The van der Waals surface area contributed by atoms with Crippen LogP contribution in [0.3, 0.4) is 0 Å². The molecule has 4 heteroatoms. The number of nitrogens with two attached hydrogens (primary N) is 1. The molecule has 0 aromatic rings. The van der Waals surface area contributed by atoms with Crippen molar-refractivity contribution < 1.29 is 5.11 Å². The van der Waals surface area contributed by atoms with E-state index in [1.54, 1.807) is 0 Å². The molecule has 4 fully saturated rings. The molecule has 0 bridgehead atoms. The van der Waals surface area contributed by atoms with Gasteiger partial charge < -0.3 is 21.5 Å². The molecule has 222 valence electrons. The summed E-state index contributed by atoms with van der Waals surface area (Å²) in [4.78, 5) is 0. The summed E-state index contributed by atoms with van der Waals surface area (Å²) in [5.41, 5.74) is 6.48. The van der Waals surface area contributed by atoms with Gasteiger partial charge in [-0.2, -0.15) is 0 Å². The summed E-state index contributed by atoms with van der Waals surface area (Å²) in [5.74, 6) is 5.27. The van der Waals surface area contributed by atoms with E-state index in [2.05, 4.69) is 45.3 Å². The lowest BCUT2D eigenvalue weighted by Crippen LogP contribution is -2.59. The molecule has 0 heterocycles. The van der Waals surface area contributed by atoms with Gasteiger partial charge in [0, 0.05) is 6.04 Å². The minimum Gasteiger partial charge on any atom is -0.393 e. The molecular formula is C34H65N3O. The Hall–Kier alpha value is -0.160. The summed E-state index contributed by atoms with van der Waals surface area (Å²) in [6.07, 6.45) is 18.2. The van der Waals surface area contributed by atoms with Crippen LogP contribution >= 0.6 is 0 Å². The number of rotatable bonds is 14. The van der Waals surface area contributed by atoms with Crippen LogP contribution < -0.4 is 16.4 Å². The molecular weight excluding hydrogens is 466 g/mol. The Labute approximate surface area is 236 Å². The summed E-state index contributed by atoms with van der Waals surface area (Å²) in [6, 6.07) is 0.644. The molecule has 0 amide bonds. The van der Waals surface area contributed by atoms with Crippen LogP contribution in [0, 0.1) is 52.3 Å². The summed E-state index contributed by atoms with van der Waals surface area (Å²) in [5, 5.41) is 19.2. The smallest absolute Gasteiger partial charge is 0.0577 e. The highest BCUT2D eigenvalue weighted by Gasteiger charge is 2.62. The van der Waals surface area contributed by atoms with E-state index in [1.165, 1.54) is 77.0 Å². The highest BCUT2D eigenvalue weighted by molar-refractivity contribution is 5.12. The Morgan fingerprint density at radius 2 is 1.55 bits per heavy atom. The monoisotopic (exact) mass is 532 g/mol. The van der Waals surface area contributed by atoms with Gasteiger partial charge in [0.25, 0.3) is 0 Å². The molecule has 0 saturated heterocycles. The number of hydrogen-bond donors (Lipinski definition) is 4. The van der Waals surface area contributed by atoms with Crippen molar-refractivity contribution in [2.24, 2.45) is 58.0 Å². The Morgan fingerprint density at radius 3 is 2.32 bits per heavy atom. The maximum absolute atomic E-state index is 11.7. The van der Waals surface area contributed by atoms with Crippen molar-refractivity contribution in [3.05, 3.63) is 0 Å². The van der Waals surface area contributed by atoms with E-state index >= 15 is 0 Å². The number of nitrogens with one attached hydrogen (secondary N) is 2. The SMILES string of the molecule is CC(C)CCCC(C)[C@H]1CCC2C3C(CC[C@@]21C)[C@@]1(C)CC[C@@H](NCCCNCCCCN)C[C@@H]1C[C@H]3O. The molecule has 0 aromatic heterocycles. The highest BCUT2D eigenvalue weighted by atomic mass is 16.3. The Balaban J connectivity index is 1.30. The average molecular weight is 532 g/mol. The van der Waals surface area contributed by atoms with Crippen LogP contribution in [-0.2, 0) is 0 Å². The zero-order valence-electron chi connectivity index (χ0n) is 25.9. The normalized spacial score (nSPS) is 41.5. The summed E-state index contributed by atoms with van der Waals surface area (Å²) in [6.45, 7) is 16.7. The molecule has 0 aliphatic heterocycles. The quantitative estimate of drug-likeness (QED) is 0.187. The molecule has 38 heavy (non-hydrogen) atoms. The van der Waals surface area contributed by atoms with Crippen molar-refractivity contribution >= 4 is 0 Å². The maximum atomic E-state index is 11.7. The molecule has 4 nitrogen and oxygen atoms in total. The molecule has 4 saturated carbocycles. The van der Waals surface area contributed by atoms with Crippen molar-refractivity contribution in [2.45, 2.75) is 137 Å². The lowest BCUT2D eigenvalue weighted by molar-refractivity contribution is -0.167. The Morgan fingerprint density at radius 1 is 0.816 bits per heavy atom. The Kier molecular flexibility index (Phi) is 11.1. The van der Waals surface area contributed by atoms with Crippen molar-refractivity contribution in [2.75, 3.05) is 26.2 Å². The Bertz CT molecular complexity index is 714. The van der Waals surface area contributed by atoms with Gasteiger partial charge in [0.1, 0.15) is 0 Å². The molecule has 4 unspecified atom stereocenters. The van der Waals surface area contributed by atoms with Gasteiger partial charge in [-0.3, -0.25) is 0 Å². The first-order valence-corrected chi connectivity index (χ1v) is 17.0. The van der Waals surface area contributed by atoms with Crippen LogP contribution in [0.4, 0.5) is 0 Å². The van der Waals surface area contributed by atoms with Gasteiger partial charge in [-0.15, -0.1) is 0 Å². The largest absolute Gasteiger partial charge is 0.393 e. The van der Waals surface area contributed by atoms with Crippen LogP contribution in [0.25, 0.3) is 0 Å². The van der Waals surface area contributed by atoms with Gasteiger partial charge in [-0.1, -0.05) is 53.9 Å². The van der Waals surface area contributed by atoms with Crippen LogP contribution in [0.2, 0.25) is 0 Å². The first-order valence-electron chi connectivity index (χ1n) is 17.0. The van der Waals surface area contributed by atoms with Crippen LogP contribution in [0.1, 0.15) is 125 Å². The number of hydrogen-bond acceptors (Lipinski definition) is 4. The van der Waals surface area contributed by atoms with Gasteiger partial charge >= 0.3 is 0 Å². The fourth-order valence-corrected chi connectivity index (χ4v) is 10.5. The molecule has 4 rings (SSSR count). The number of aliphatic hydroxyl groups is 1. The highest BCUT2D eigenvalue weighted by Crippen LogP contribution is 2.68. The lowest BCUT2D eigenvalue weighted by atomic mass is 9.43. The molecule has 5 N–H and O–H groups in total. The molecule has 0 radical (unpaired) electrons. The summed E-state index contributed by atoms with van der Waals surface area (Å²) < 4.78 is 0. The third-order valence-corrected chi connectivity index (χ3v) is 12.7. The zero-order valence-corrected chi connectivity index (χ0v) is 25.9. The minimum absolute atomic E-state index is 0.0748. The van der Waals surface area contributed by atoms with Crippen molar-refractivity contribution in [3.63, 3.8) is 0 Å². The third kappa shape index (κ3) is 6.66. The van der Waals surface area contributed by atoms with E-state index in [-0.39, 0.29) is 6.10 Å². The van der Waals surface area contributed by atoms with Crippen molar-refractivity contribution in [1.29, 1.82) is 0 Å². The maximum Gasteiger partial charge on any atom is 0.0577 e.